The minimum Gasteiger partial charge on any atom is -0.343 e. The number of rotatable bonds is 7. The van der Waals surface area contributed by atoms with Crippen molar-refractivity contribution in [1.82, 2.24) is 30.1 Å². The average molecular weight is 495 g/mol. The van der Waals surface area contributed by atoms with Crippen LogP contribution in [0.3, 0.4) is 0 Å². The molecule has 3 atom stereocenters. The molecule has 0 spiro atoms. The summed E-state index contributed by atoms with van der Waals surface area (Å²) in [4.78, 5) is 37.4. The number of aryl methyl sites for hydroxylation is 2. The fourth-order valence-electron chi connectivity index (χ4n) is 4.86. The van der Waals surface area contributed by atoms with Gasteiger partial charge in [0.25, 0.3) is 0 Å². The van der Waals surface area contributed by atoms with Crippen LogP contribution in [0.4, 0.5) is 4.39 Å². The van der Waals surface area contributed by atoms with Crippen molar-refractivity contribution in [2.24, 2.45) is 5.92 Å². The molecule has 0 aliphatic carbocycles. The van der Waals surface area contributed by atoms with E-state index in [1.165, 1.54) is 12.1 Å². The van der Waals surface area contributed by atoms with Crippen molar-refractivity contribution in [3.05, 3.63) is 53.4 Å². The molecule has 1 fully saturated rings. The molecule has 0 radical (unpaired) electrons. The van der Waals surface area contributed by atoms with Crippen molar-refractivity contribution in [1.29, 1.82) is 0 Å². The quantitative estimate of drug-likeness (QED) is 0.524. The zero-order chi connectivity index (χ0) is 26.1. The lowest BCUT2D eigenvalue weighted by Crippen LogP contribution is -2.54. The molecule has 8 nitrogen and oxygen atoms in total. The maximum atomic E-state index is 13.8. The maximum absolute atomic E-state index is 13.8. The number of likely N-dealkylation sites (tertiary alicyclic amines) is 1. The first-order valence-corrected chi connectivity index (χ1v) is 12.5. The highest BCUT2D eigenvalue weighted by Crippen LogP contribution is 2.33. The SMILES string of the molecule is CN[C@@H](C)C(=O)N[C@H](C(=O)N1CCC[C@H]1c1cc(-n2cc(C)c3cc(F)ccc32)nc(C)n1)C(C)C. The van der Waals surface area contributed by atoms with Crippen molar-refractivity contribution in [2.75, 3.05) is 13.6 Å². The molecule has 1 saturated heterocycles. The van der Waals surface area contributed by atoms with E-state index in [1.807, 2.05) is 49.4 Å². The van der Waals surface area contributed by atoms with Crippen LogP contribution < -0.4 is 10.6 Å². The summed E-state index contributed by atoms with van der Waals surface area (Å²) in [5, 5.41) is 6.68. The van der Waals surface area contributed by atoms with E-state index in [-0.39, 0.29) is 29.6 Å². The van der Waals surface area contributed by atoms with Crippen LogP contribution >= 0.6 is 0 Å². The van der Waals surface area contributed by atoms with Gasteiger partial charge in [-0.2, -0.15) is 0 Å². The first kappa shape index (κ1) is 25.8. The zero-order valence-corrected chi connectivity index (χ0v) is 21.8. The van der Waals surface area contributed by atoms with Crippen LogP contribution in [0.1, 0.15) is 56.7 Å². The third kappa shape index (κ3) is 4.97. The summed E-state index contributed by atoms with van der Waals surface area (Å²) in [7, 11) is 1.72. The molecule has 9 heteroatoms. The van der Waals surface area contributed by atoms with Gasteiger partial charge in [0.2, 0.25) is 11.8 Å². The van der Waals surface area contributed by atoms with Gasteiger partial charge in [0.05, 0.1) is 23.3 Å². The van der Waals surface area contributed by atoms with Crippen LogP contribution in [0.2, 0.25) is 0 Å². The fourth-order valence-corrected chi connectivity index (χ4v) is 4.86. The topological polar surface area (TPSA) is 92.2 Å². The predicted molar refractivity (Wildman–Crippen MR) is 137 cm³/mol. The third-order valence-electron chi connectivity index (χ3n) is 6.99. The highest BCUT2D eigenvalue weighted by atomic mass is 19.1. The lowest BCUT2D eigenvalue weighted by molar-refractivity contribution is -0.139. The van der Waals surface area contributed by atoms with Gasteiger partial charge in [-0.05, 0) is 70.3 Å². The number of nitrogens with zero attached hydrogens (tertiary/aromatic N) is 4. The number of aromatic nitrogens is 3. The molecule has 0 unspecified atom stereocenters. The van der Waals surface area contributed by atoms with Gasteiger partial charge in [-0.25, -0.2) is 14.4 Å². The molecule has 3 heterocycles. The van der Waals surface area contributed by atoms with Crippen molar-refractivity contribution >= 4 is 22.7 Å². The van der Waals surface area contributed by atoms with E-state index in [0.717, 1.165) is 35.0 Å². The second-order valence-corrected chi connectivity index (χ2v) is 9.97. The molecule has 2 amide bonds. The molecule has 4 rings (SSSR count). The van der Waals surface area contributed by atoms with Crippen molar-refractivity contribution in [2.45, 2.75) is 65.6 Å². The standard InChI is InChI=1S/C27H35FN6O2/c1-15(2)25(32-26(35)17(4)29-6)27(36)33-11-7-8-23(33)21-13-24(31-18(5)30-21)34-14-16(3)20-12-19(28)9-10-22(20)34/h9-10,12-15,17,23,25,29H,7-8,11H2,1-6H3,(H,32,35)/t17-,23-,25-/m0/s1. The summed E-state index contributed by atoms with van der Waals surface area (Å²) in [6.45, 7) is 10.0. The van der Waals surface area contributed by atoms with E-state index in [0.29, 0.717) is 18.2 Å². The molecule has 2 aromatic heterocycles. The van der Waals surface area contributed by atoms with Crippen molar-refractivity contribution in [3.63, 3.8) is 0 Å². The van der Waals surface area contributed by atoms with E-state index >= 15 is 0 Å². The first-order valence-electron chi connectivity index (χ1n) is 12.5. The summed E-state index contributed by atoms with van der Waals surface area (Å²) in [5.41, 5.74) is 2.58. The van der Waals surface area contributed by atoms with Gasteiger partial charge in [0.15, 0.2) is 0 Å². The van der Waals surface area contributed by atoms with Gasteiger partial charge in [-0.1, -0.05) is 13.8 Å². The normalized spacial score (nSPS) is 17.6. The minimum absolute atomic E-state index is 0.0657. The van der Waals surface area contributed by atoms with E-state index in [2.05, 4.69) is 15.6 Å². The zero-order valence-electron chi connectivity index (χ0n) is 21.8. The van der Waals surface area contributed by atoms with Crippen molar-refractivity contribution in [3.8, 4) is 5.82 Å². The molecular formula is C27H35FN6O2. The third-order valence-corrected chi connectivity index (χ3v) is 6.99. The van der Waals surface area contributed by atoms with Crippen LogP contribution in [-0.2, 0) is 9.59 Å². The van der Waals surface area contributed by atoms with Gasteiger partial charge in [-0.15, -0.1) is 0 Å². The smallest absolute Gasteiger partial charge is 0.245 e. The molecule has 0 bridgehead atoms. The highest BCUT2D eigenvalue weighted by molar-refractivity contribution is 5.90. The Balaban J connectivity index is 1.67. The monoisotopic (exact) mass is 494 g/mol. The molecule has 0 saturated carbocycles. The number of nitrogens with one attached hydrogen (secondary N) is 2. The Morgan fingerprint density at radius 2 is 1.89 bits per heavy atom. The Bertz CT molecular complexity index is 1290. The number of benzene rings is 1. The summed E-state index contributed by atoms with van der Waals surface area (Å²) in [5.74, 6) is 0.632. The maximum Gasteiger partial charge on any atom is 0.245 e. The van der Waals surface area contributed by atoms with Gasteiger partial charge < -0.3 is 20.1 Å². The molecule has 2 N–H and O–H groups in total. The van der Waals surface area contributed by atoms with Crippen LogP contribution in [0.5, 0.6) is 0 Å². The molecule has 1 aliphatic rings. The Morgan fingerprint density at radius 3 is 2.58 bits per heavy atom. The fraction of sp³-hybridized carbons (Fsp3) is 0.481. The first-order chi connectivity index (χ1) is 17.1. The molecule has 36 heavy (non-hydrogen) atoms. The van der Waals surface area contributed by atoms with Gasteiger partial charge in [0, 0.05) is 24.2 Å². The number of carbonyl (C=O) groups excluding carboxylic acids is 2. The Labute approximate surface area is 211 Å². The summed E-state index contributed by atoms with van der Waals surface area (Å²) in [6, 6.07) is 5.41. The van der Waals surface area contributed by atoms with E-state index < -0.39 is 12.1 Å². The molecule has 1 aliphatic heterocycles. The number of amides is 2. The number of hydrogen-bond donors (Lipinski definition) is 2. The van der Waals surface area contributed by atoms with Gasteiger partial charge in [0.1, 0.15) is 23.5 Å². The minimum atomic E-state index is -0.623. The van der Waals surface area contributed by atoms with E-state index in [9.17, 15) is 14.0 Å². The van der Waals surface area contributed by atoms with E-state index in [4.69, 9.17) is 4.98 Å². The second kappa shape index (κ2) is 10.3. The van der Waals surface area contributed by atoms with Gasteiger partial charge >= 0.3 is 0 Å². The number of carbonyl (C=O) groups is 2. The van der Waals surface area contributed by atoms with Crippen LogP contribution in [0, 0.1) is 25.6 Å². The van der Waals surface area contributed by atoms with Gasteiger partial charge in [-0.3, -0.25) is 9.59 Å². The highest BCUT2D eigenvalue weighted by Gasteiger charge is 2.37. The Hall–Kier alpha value is -3.33. The number of hydrogen-bond acceptors (Lipinski definition) is 5. The van der Waals surface area contributed by atoms with Crippen LogP contribution in [0.15, 0.2) is 30.5 Å². The van der Waals surface area contributed by atoms with Crippen LogP contribution in [0.25, 0.3) is 16.7 Å². The second-order valence-electron chi connectivity index (χ2n) is 9.97. The number of likely N-dealkylation sites (N-methyl/N-ethyl adjacent to an activating group) is 1. The molecule has 1 aromatic carbocycles. The summed E-state index contributed by atoms with van der Waals surface area (Å²) < 4.78 is 15.8. The average Bonchev–Trinajstić information content (AvgIpc) is 3.46. The van der Waals surface area contributed by atoms with Crippen LogP contribution in [-0.4, -0.2) is 56.9 Å². The Kier molecular flexibility index (Phi) is 7.40. The molecular weight excluding hydrogens is 459 g/mol. The number of fused-ring (bicyclic) bond motifs is 1. The number of halogens is 1. The van der Waals surface area contributed by atoms with Crippen molar-refractivity contribution < 1.29 is 14.0 Å². The lowest BCUT2D eigenvalue weighted by Gasteiger charge is -2.31. The van der Waals surface area contributed by atoms with E-state index in [1.54, 1.807) is 20.0 Å². The molecule has 3 aromatic rings. The Morgan fingerprint density at radius 1 is 1.14 bits per heavy atom. The predicted octanol–water partition coefficient (Wildman–Crippen LogP) is 3.59. The largest absolute Gasteiger partial charge is 0.343 e. The summed E-state index contributed by atoms with van der Waals surface area (Å²) in [6.07, 6.45) is 3.58. The lowest BCUT2D eigenvalue weighted by atomic mass is 10.0. The summed E-state index contributed by atoms with van der Waals surface area (Å²) >= 11 is 0. The molecule has 192 valence electrons.